The highest BCUT2D eigenvalue weighted by molar-refractivity contribution is 6.30. The molecule has 0 radical (unpaired) electrons. The molecule has 0 fully saturated rings. The van der Waals surface area contributed by atoms with Gasteiger partial charge in [0.1, 0.15) is 5.82 Å². The first-order valence-corrected chi connectivity index (χ1v) is 6.23. The summed E-state index contributed by atoms with van der Waals surface area (Å²) in [5, 5.41) is 3.20. The average Bonchev–Trinajstić information content (AvgIpc) is 2.41. The molecule has 0 aliphatic rings. The van der Waals surface area contributed by atoms with E-state index in [1.165, 1.54) is 18.2 Å². The first kappa shape index (κ1) is 13.6. The van der Waals surface area contributed by atoms with Crippen LogP contribution in [0, 0.1) is 5.82 Å². The molecular formula is C15H13ClFNO. The van der Waals surface area contributed by atoms with Crippen LogP contribution in [0.2, 0.25) is 5.02 Å². The number of amides is 1. The molecule has 4 heteroatoms. The van der Waals surface area contributed by atoms with Gasteiger partial charge in [0.05, 0.1) is 0 Å². The second-order valence-electron chi connectivity index (χ2n) is 4.18. The lowest BCUT2D eigenvalue weighted by molar-refractivity contribution is 0.0962. The fourth-order valence-electron chi connectivity index (χ4n) is 1.89. The monoisotopic (exact) mass is 277 g/mol. The second-order valence-corrected chi connectivity index (χ2v) is 4.62. The van der Waals surface area contributed by atoms with Gasteiger partial charge < -0.3 is 5.32 Å². The Morgan fingerprint density at radius 1 is 1.21 bits per heavy atom. The molecule has 2 aromatic rings. The molecule has 0 aromatic heterocycles. The van der Waals surface area contributed by atoms with Gasteiger partial charge in [0, 0.05) is 17.6 Å². The summed E-state index contributed by atoms with van der Waals surface area (Å²) in [6, 6.07) is 11.4. The van der Waals surface area contributed by atoms with E-state index in [1.807, 2.05) is 12.1 Å². The van der Waals surface area contributed by atoms with E-state index in [9.17, 15) is 9.18 Å². The normalized spacial score (nSPS) is 10.3. The van der Waals surface area contributed by atoms with Gasteiger partial charge in [-0.05, 0) is 47.9 Å². The molecule has 0 heterocycles. The minimum atomic E-state index is -0.350. The Hall–Kier alpha value is -1.87. The maximum Gasteiger partial charge on any atom is 0.251 e. The summed E-state index contributed by atoms with van der Waals surface area (Å²) < 4.78 is 13.3. The van der Waals surface area contributed by atoms with E-state index in [-0.39, 0.29) is 11.7 Å². The fourth-order valence-corrected chi connectivity index (χ4v) is 2.01. The summed E-state index contributed by atoms with van der Waals surface area (Å²) in [5.74, 6) is -0.569. The summed E-state index contributed by atoms with van der Waals surface area (Å²) in [6.07, 6.45) is 0.484. The van der Waals surface area contributed by atoms with Gasteiger partial charge in [-0.3, -0.25) is 4.79 Å². The predicted octanol–water partition coefficient (Wildman–Crippen LogP) is 3.43. The number of benzene rings is 2. The van der Waals surface area contributed by atoms with Crippen molar-refractivity contribution in [3.8, 4) is 0 Å². The van der Waals surface area contributed by atoms with Crippen LogP contribution >= 0.6 is 11.6 Å². The van der Waals surface area contributed by atoms with Crippen LogP contribution in [0.5, 0.6) is 0 Å². The Morgan fingerprint density at radius 3 is 2.53 bits per heavy atom. The fraction of sp³-hybridized carbons (Fsp3) is 0.133. The van der Waals surface area contributed by atoms with E-state index in [0.29, 0.717) is 22.6 Å². The summed E-state index contributed by atoms with van der Waals surface area (Å²) in [6.45, 7) is 0. The van der Waals surface area contributed by atoms with Crippen LogP contribution in [0.25, 0.3) is 0 Å². The standard InChI is InChI=1S/C15H13ClFNO/c1-18-15(19)14-7-6-13(17)9-11(14)8-10-2-4-12(16)5-3-10/h2-7,9H,8H2,1H3,(H,18,19). The third kappa shape index (κ3) is 3.32. The first-order chi connectivity index (χ1) is 9.10. The summed E-state index contributed by atoms with van der Waals surface area (Å²) in [4.78, 5) is 11.7. The van der Waals surface area contributed by atoms with Crippen molar-refractivity contribution in [3.05, 3.63) is 70.0 Å². The number of halogens is 2. The molecule has 0 saturated heterocycles. The third-order valence-electron chi connectivity index (χ3n) is 2.85. The van der Waals surface area contributed by atoms with Crippen LogP contribution < -0.4 is 5.32 Å². The van der Waals surface area contributed by atoms with Crippen LogP contribution in [0.1, 0.15) is 21.5 Å². The summed E-state index contributed by atoms with van der Waals surface area (Å²) >= 11 is 5.82. The van der Waals surface area contributed by atoms with Gasteiger partial charge >= 0.3 is 0 Å². The van der Waals surface area contributed by atoms with Crippen LogP contribution in [-0.2, 0) is 6.42 Å². The number of carbonyl (C=O) groups is 1. The molecule has 2 rings (SSSR count). The van der Waals surface area contributed by atoms with E-state index < -0.39 is 0 Å². The Labute approximate surface area is 116 Å². The van der Waals surface area contributed by atoms with Gasteiger partial charge in [-0.1, -0.05) is 23.7 Å². The van der Waals surface area contributed by atoms with Crippen molar-refractivity contribution in [1.82, 2.24) is 5.32 Å². The van der Waals surface area contributed by atoms with E-state index in [0.717, 1.165) is 5.56 Å². The summed E-state index contributed by atoms with van der Waals surface area (Å²) in [5.41, 5.74) is 2.11. The highest BCUT2D eigenvalue weighted by atomic mass is 35.5. The molecular weight excluding hydrogens is 265 g/mol. The Kier molecular flexibility index (Phi) is 4.17. The molecule has 0 unspecified atom stereocenters. The maximum absolute atomic E-state index is 13.3. The zero-order valence-corrected chi connectivity index (χ0v) is 11.2. The molecule has 98 valence electrons. The Balaban J connectivity index is 2.35. The van der Waals surface area contributed by atoms with E-state index in [4.69, 9.17) is 11.6 Å². The van der Waals surface area contributed by atoms with Crippen LogP contribution in [0.3, 0.4) is 0 Å². The molecule has 1 N–H and O–H groups in total. The molecule has 0 atom stereocenters. The lowest BCUT2D eigenvalue weighted by atomic mass is 9.99. The van der Waals surface area contributed by atoms with Crippen molar-refractivity contribution < 1.29 is 9.18 Å². The minimum Gasteiger partial charge on any atom is -0.355 e. The van der Waals surface area contributed by atoms with E-state index >= 15 is 0 Å². The van der Waals surface area contributed by atoms with Crippen molar-refractivity contribution in [1.29, 1.82) is 0 Å². The molecule has 0 saturated carbocycles. The van der Waals surface area contributed by atoms with Gasteiger partial charge in [0.2, 0.25) is 0 Å². The maximum atomic E-state index is 13.3. The number of hydrogen-bond acceptors (Lipinski definition) is 1. The minimum absolute atomic E-state index is 0.219. The molecule has 19 heavy (non-hydrogen) atoms. The molecule has 0 bridgehead atoms. The lowest BCUT2D eigenvalue weighted by Gasteiger charge is -2.09. The number of carbonyl (C=O) groups excluding carboxylic acids is 1. The Bertz CT molecular complexity index is 596. The smallest absolute Gasteiger partial charge is 0.251 e. The summed E-state index contributed by atoms with van der Waals surface area (Å²) in [7, 11) is 1.55. The number of hydrogen-bond donors (Lipinski definition) is 1. The van der Waals surface area contributed by atoms with Crippen LogP contribution in [0.15, 0.2) is 42.5 Å². The zero-order valence-electron chi connectivity index (χ0n) is 10.4. The quantitative estimate of drug-likeness (QED) is 0.915. The highest BCUT2D eigenvalue weighted by Crippen LogP contribution is 2.18. The van der Waals surface area contributed by atoms with Crippen molar-refractivity contribution in [2.24, 2.45) is 0 Å². The molecule has 1 amide bonds. The highest BCUT2D eigenvalue weighted by Gasteiger charge is 2.11. The van der Waals surface area contributed by atoms with E-state index in [1.54, 1.807) is 19.2 Å². The van der Waals surface area contributed by atoms with E-state index in [2.05, 4.69) is 5.32 Å². The van der Waals surface area contributed by atoms with Gasteiger partial charge in [0.15, 0.2) is 0 Å². The second kappa shape index (κ2) is 5.85. The number of rotatable bonds is 3. The zero-order chi connectivity index (χ0) is 13.8. The topological polar surface area (TPSA) is 29.1 Å². The van der Waals surface area contributed by atoms with Gasteiger partial charge in [0.25, 0.3) is 5.91 Å². The molecule has 0 spiro atoms. The first-order valence-electron chi connectivity index (χ1n) is 5.85. The molecule has 2 aromatic carbocycles. The Morgan fingerprint density at radius 2 is 1.89 bits per heavy atom. The van der Waals surface area contributed by atoms with Gasteiger partial charge in [-0.25, -0.2) is 4.39 Å². The molecule has 2 nitrogen and oxygen atoms in total. The largest absolute Gasteiger partial charge is 0.355 e. The van der Waals surface area contributed by atoms with Crippen molar-refractivity contribution in [3.63, 3.8) is 0 Å². The van der Waals surface area contributed by atoms with Gasteiger partial charge in [-0.2, -0.15) is 0 Å². The number of nitrogens with one attached hydrogen (secondary N) is 1. The van der Waals surface area contributed by atoms with Crippen molar-refractivity contribution in [2.75, 3.05) is 7.05 Å². The third-order valence-corrected chi connectivity index (χ3v) is 3.10. The van der Waals surface area contributed by atoms with Crippen LogP contribution in [0.4, 0.5) is 4.39 Å². The molecule has 0 aliphatic carbocycles. The SMILES string of the molecule is CNC(=O)c1ccc(F)cc1Cc1ccc(Cl)cc1. The van der Waals surface area contributed by atoms with Crippen LogP contribution in [-0.4, -0.2) is 13.0 Å². The lowest BCUT2D eigenvalue weighted by Crippen LogP contribution is -2.19. The van der Waals surface area contributed by atoms with Crippen molar-refractivity contribution >= 4 is 17.5 Å². The van der Waals surface area contributed by atoms with Gasteiger partial charge in [-0.15, -0.1) is 0 Å². The predicted molar refractivity (Wildman–Crippen MR) is 74.0 cm³/mol. The molecule has 0 aliphatic heterocycles. The average molecular weight is 278 g/mol. The van der Waals surface area contributed by atoms with Crippen molar-refractivity contribution in [2.45, 2.75) is 6.42 Å².